The van der Waals surface area contributed by atoms with E-state index >= 15 is 0 Å². The first-order chi connectivity index (χ1) is 6.66. The van der Waals surface area contributed by atoms with E-state index in [0.717, 1.165) is 5.56 Å². The van der Waals surface area contributed by atoms with E-state index in [1.807, 2.05) is 26.4 Å². The SMILES string of the molecule is C[C@@H]1NC(c2cnn(C)c2)CNC1=O. The van der Waals surface area contributed by atoms with Crippen molar-refractivity contribution in [3.05, 3.63) is 18.0 Å². The van der Waals surface area contributed by atoms with Gasteiger partial charge in [-0.25, -0.2) is 0 Å². The van der Waals surface area contributed by atoms with Crippen LogP contribution in [0.15, 0.2) is 12.4 Å². The van der Waals surface area contributed by atoms with Gasteiger partial charge in [0, 0.05) is 25.4 Å². The van der Waals surface area contributed by atoms with Crippen molar-refractivity contribution in [1.82, 2.24) is 20.4 Å². The highest BCUT2D eigenvalue weighted by Gasteiger charge is 2.25. The molecule has 1 aromatic rings. The maximum atomic E-state index is 11.2. The third-order valence-electron chi connectivity index (χ3n) is 2.45. The summed E-state index contributed by atoms with van der Waals surface area (Å²) in [5.41, 5.74) is 1.11. The molecule has 2 N–H and O–H groups in total. The largest absolute Gasteiger partial charge is 0.353 e. The van der Waals surface area contributed by atoms with Crippen LogP contribution >= 0.6 is 0 Å². The Morgan fingerprint density at radius 2 is 2.43 bits per heavy atom. The van der Waals surface area contributed by atoms with Gasteiger partial charge in [-0.3, -0.25) is 14.8 Å². The molecule has 1 unspecified atom stereocenters. The van der Waals surface area contributed by atoms with Crippen LogP contribution in [0.1, 0.15) is 18.5 Å². The van der Waals surface area contributed by atoms with E-state index in [2.05, 4.69) is 15.7 Å². The summed E-state index contributed by atoms with van der Waals surface area (Å²) in [5, 5.41) is 10.2. The van der Waals surface area contributed by atoms with Crippen LogP contribution in [0, 0.1) is 0 Å². The van der Waals surface area contributed by atoms with E-state index in [-0.39, 0.29) is 18.0 Å². The molecular weight excluding hydrogens is 180 g/mol. The highest BCUT2D eigenvalue weighted by Crippen LogP contribution is 2.14. The molecule has 1 amide bonds. The van der Waals surface area contributed by atoms with Crippen LogP contribution in [-0.2, 0) is 11.8 Å². The van der Waals surface area contributed by atoms with Crippen LogP contribution < -0.4 is 10.6 Å². The summed E-state index contributed by atoms with van der Waals surface area (Å²) >= 11 is 0. The Morgan fingerprint density at radius 3 is 3.00 bits per heavy atom. The molecule has 1 saturated heterocycles. The molecule has 14 heavy (non-hydrogen) atoms. The minimum absolute atomic E-state index is 0.0603. The van der Waals surface area contributed by atoms with Crippen molar-refractivity contribution in [1.29, 1.82) is 0 Å². The van der Waals surface area contributed by atoms with Gasteiger partial charge in [0.05, 0.1) is 18.3 Å². The Bertz CT molecular complexity index is 346. The van der Waals surface area contributed by atoms with Gasteiger partial charge in [-0.05, 0) is 6.92 Å². The van der Waals surface area contributed by atoms with Gasteiger partial charge < -0.3 is 5.32 Å². The number of aryl methyl sites for hydroxylation is 1. The lowest BCUT2D eigenvalue weighted by Crippen LogP contribution is -2.52. The second kappa shape index (κ2) is 3.42. The van der Waals surface area contributed by atoms with E-state index in [1.165, 1.54) is 0 Å². The molecule has 0 radical (unpaired) electrons. The van der Waals surface area contributed by atoms with E-state index in [1.54, 1.807) is 4.68 Å². The van der Waals surface area contributed by atoms with Gasteiger partial charge in [0.2, 0.25) is 5.91 Å². The summed E-state index contributed by atoms with van der Waals surface area (Å²) in [6, 6.07) is 0.0466. The number of amides is 1. The molecule has 2 heterocycles. The van der Waals surface area contributed by atoms with Crippen LogP contribution in [0.4, 0.5) is 0 Å². The molecule has 0 spiro atoms. The highest BCUT2D eigenvalue weighted by molar-refractivity contribution is 5.82. The fourth-order valence-corrected chi connectivity index (χ4v) is 1.63. The number of rotatable bonds is 1. The summed E-state index contributed by atoms with van der Waals surface area (Å²) in [6.07, 6.45) is 3.78. The summed E-state index contributed by atoms with van der Waals surface area (Å²) < 4.78 is 1.76. The second-order valence-electron chi connectivity index (χ2n) is 3.63. The van der Waals surface area contributed by atoms with Gasteiger partial charge in [0.1, 0.15) is 0 Å². The molecule has 1 fully saturated rings. The van der Waals surface area contributed by atoms with Crippen molar-refractivity contribution in [3.8, 4) is 0 Å². The Hall–Kier alpha value is -1.36. The average Bonchev–Trinajstić information content (AvgIpc) is 2.57. The first-order valence-electron chi connectivity index (χ1n) is 4.69. The lowest BCUT2D eigenvalue weighted by Gasteiger charge is -2.28. The third-order valence-corrected chi connectivity index (χ3v) is 2.45. The number of piperazine rings is 1. The number of hydrogen-bond donors (Lipinski definition) is 2. The average molecular weight is 194 g/mol. The Kier molecular flexibility index (Phi) is 2.25. The van der Waals surface area contributed by atoms with Crippen LogP contribution in [0.3, 0.4) is 0 Å². The van der Waals surface area contributed by atoms with Gasteiger partial charge in [0.25, 0.3) is 0 Å². The zero-order valence-corrected chi connectivity index (χ0v) is 8.32. The molecule has 0 aromatic carbocycles. The smallest absolute Gasteiger partial charge is 0.236 e. The molecule has 5 heteroatoms. The van der Waals surface area contributed by atoms with Crippen LogP contribution in [0.25, 0.3) is 0 Å². The third kappa shape index (κ3) is 1.63. The summed E-state index contributed by atoms with van der Waals surface area (Å²) in [5.74, 6) is 0.0603. The number of aromatic nitrogens is 2. The number of hydrogen-bond acceptors (Lipinski definition) is 3. The fraction of sp³-hybridized carbons (Fsp3) is 0.556. The number of carbonyl (C=O) groups excluding carboxylic acids is 1. The molecule has 0 aliphatic carbocycles. The molecule has 2 atom stereocenters. The highest BCUT2D eigenvalue weighted by atomic mass is 16.2. The standard InChI is InChI=1S/C9H14N4O/c1-6-9(14)10-4-8(12-6)7-3-11-13(2)5-7/h3,5-6,8,12H,4H2,1-2H3,(H,10,14)/t6-,8?/m0/s1. The van der Waals surface area contributed by atoms with Crippen molar-refractivity contribution in [2.45, 2.75) is 19.0 Å². The van der Waals surface area contributed by atoms with Crippen molar-refractivity contribution in [2.24, 2.45) is 7.05 Å². The fourth-order valence-electron chi connectivity index (χ4n) is 1.63. The quantitative estimate of drug-likeness (QED) is 0.637. The Labute approximate surface area is 82.5 Å². The molecule has 76 valence electrons. The summed E-state index contributed by atoms with van der Waals surface area (Å²) in [7, 11) is 1.88. The molecule has 2 rings (SSSR count). The van der Waals surface area contributed by atoms with Crippen LogP contribution in [0.2, 0.25) is 0 Å². The van der Waals surface area contributed by atoms with Crippen molar-refractivity contribution >= 4 is 5.91 Å². The molecule has 1 aliphatic rings. The van der Waals surface area contributed by atoms with Crippen LogP contribution in [-0.4, -0.2) is 28.3 Å². The number of nitrogens with zero attached hydrogens (tertiary/aromatic N) is 2. The van der Waals surface area contributed by atoms with Gasteiger partial charge in [0.15, 0.2) is 0 Å². The van der Waals surface area contributed by atoms with Gasteiger partial charge in [-0.2, -0.15) is 5.10 Å². The number of carbonyl (C=O) groups is 1. The lowest BCUT2D eigenvalue weighted by molar-refractivity contribution is -0.124. The first-order valence-corrected chi connectivity index (χ1v) is 4.69. The van der Waals surface area contributed by atoms with E-state index in [4.69, 9.17) is 0 Å². The minimum Gasteiger partial charge on any atom is -0.353 e. The van der Waals surface area contributed by atoms with Crippen molar-refractivity contribution in [2.75, 3.05) is 6.54 Å². The zero-order chi connectivity index (χ0) is 10.1. The van der Waals surface area contributed by atoms with Gasteiger partial charge in [-0.15, -0.1) is 0 Å². The monoisotopic (exact) mass is 194 g/mol. The molecule has 0 bridgehead atoms. The predicted molar refractivity (Wildman–Crippen MR) is 51.6 cm³/mol. The van der Waals surface area contributed by atoms with Gasteiger partial charge >= 0.3 is 0 Å². The normalized spacial score (nSPS) is 27.4. The maximum absolute atomic E-state index is 11.2. The second-order valence-corrected chi connectivity index (χ2v) is 3.63. The maximum Gasteiger partial charge on any atom is 0.236 e. The molecule has 1 aromatic heterocycles. The van der Waals surface area contributed by atoms with Gasteiger partial charge in [-0.1, -0.05) is 0 Å². The molecule has 1 aliphatic heterocycles. The molecule has 0 saturated carbocycles. The number of nitrogens with one attached hydrogen (secondary N) is 2. The summed E-state index contributed by atoms with van der Waals surface area (Å²) in [4.78, 5) is 11.2. The minimum atomic E-state index is -0.131. The zero-order valence-electron chi connectivity index (χ0n) is 8.32. The van der Waals surface area contributed by atoms with Crippen molar-refractivity contribution in [3.63, 3.8) is 0 Å². The van der Waals surface area contributed by atoms with E-state index in [0.29, 0.717) is 6.54 Å². The summed E-state index contributed by atoms with van der Waals surface area (Å²) in [6.45, 7) is 2.49. The van der Waals surface area contributed by atoms with E-state index < -0.39 is 0 Å². The van der Waals surface area contributed by atoms with Crippen molar-refractivity contribution < 1.29 is 4.79 Å². The van der Waals surface area contributed by atoms with Crippen LogP contribution in [0.5, 0.6) is 0 Å². The Balaban J connectivity index is 2.10. The van der Waals surface area contributed by atoms with E-state index in [9.17, 15) is 4.79 Å². The molecular formula is C9H14N4O. The molecule has 5 nitrogen and oxygen atoms in total. The Morgan fingerprint density at radius 1 is 1.64 bits per heavy atom. The lowest BCUT2D eigenvalue weighted by atomic mass is 10.1. The topological polar surface area (TPSA) is 59.0 Å². The predicted octanol–water partition coefficient (Wildman–Crippen LogP) is -0.431. The first kappa shape index (κ1) is 9.21.